The lowest BCUT2D eigenvalue weighted by Crippen LogP contribution is -2.51. The lowest BCUT2D eigenvalue weighted by atomic mass is 9.76. The number of carbonyl (C=O) groups excluding carboxylic acids is 2. The summed E-state index contributed by atoms with van der Waals surface area (Å²) in [7, 11) is 1.33. The fourth-order valence-electron chi connectivity index (χ4n) is 4.15. The molecule has 0 atom stereocenters. The largest absolute Gasteiger partial charge is 0.465 e. The van der Waals surface area contributed by atoms with Gasteiger partial charge in [-0.1, -0.05) is 37.3 Å². The van der Waals surface area contributed by atoms with E-state index in [0.717, 1.165) is 12.8 Å². The molecule has 0 unspecified atom stereocenters. The van der Waals surface area contributed by atoms with E-state index in [2.05, 4.69) is 33.1 Å². The molecule has 2 aromatic carbocycles. The first-order valence-electron chi connectivity index (χ1n) is 10.6. The van der Waals surface area contributed by atoms with Gasteiger partial charge in [0.1, 0.15) is 5.54 Å². The molecule has 1 fully saturated rings. The van der Waals surface area contributed by atoms with Crippen LogP contribution >= 0.6 is 0 Å². The number of urea groups is 1. The van der Waals surface area contributed by atoms with Crippen molar-refractivity contribution in [1.29, 1.82) is 0 Å². The Morgan fingerprint density at radius 1 is 1.06 bits per heavy atom. The quantitative estimate of drug-likeness (QED) is 0.593. The van der Waals surface area contributed by atoms with Gasteiger partial charge in [0.25, 0.3) is 0 Å². The van der Waals surface area contributed by atoms with Crippen molar-refractivity contribution in [3.63, 3.8) is 0 Å². The molecular formula is C23H26N6O3. The Morgan fingerprint density at radius 3 is 2.47 bits per heavy atom. The van der Waals surface area contributed by atoms with Crippen LogP contribution < -0.4 is 10.6 Å². The molecule has 0 radical (unpaired) electrons. The third-order valence-electron chi connectivity index (χ3n) is 5.95. The number of benzene rings is 2. The van der Waals surface area contributed by atoms with Gasteiger partial charge in [0.15, 0.2) is 5.82 Å². The van der Waals surface area contributed by atoms with Gasteiger partial charge in [-0.15, -0.1) is 5.10 Å². The Kier molecular flexibility index (Phi) is 6.16. The summed E-state index contributed by atoms with van der Waals surface area (Å²) in [5, 5.41) is 18.4. The summed E-state index contributed by atoms with van der Waals surface area (Å²) in [5.74, 6) is 0.543. The first-order chi connectivity index (χ1) is 15.5. The number of hydrogen-bond donors (Lipinski definition) is 2. The lowest BCUT2D eigenvalue weighted by Gasteiger charge is -2.38. The molecule has 1 aliphatic carbocycles. The van der Waals surface area contributed by atoms with E-state index in [9.17, 15) is 9.59 Å². The second kappa shape index (κ2) is 9.17. The zero-order valence-corrected chi connectivity index (χ0v) is 18.1. The van der Waals surface area contributed by atoms with Crippen molar-refractivity contribution < 1.29 is 14.3 Å². The van der Waals surface area contributed by atoms with Crippen molar-refractivity contribution in [1.82, 2.24) is 25.5 Å². The summed E-state index contributed by atoms with van der Waals surface area (Å²) in [4.78, 5) is 25.3. The SMILES string of the molecule is COC(=O)c1ccccc1-n1nnnc1C1(NC(=O)Nc2ccccc2)CCC(C)CC1. The van der Waals surface area contributed by atoms with E-state index in [1.165, 1.54) is 11.8 Å². The normalized spacial score (nSPS) is 20.4. The molecule has 0 saturated heterocycles. The van der Waals surface area contributed by atoms with E-state index in [4.69, 9.17) is 4.74 Å². The van der Waals surface area contributed by atoms with E-state index in [-0.39, 0.29) is 6.03 Å². The molecule has 1 aliphatic rings. The number of nitrogens with one attached hydrogen (secondary N) is 2. The Hall–Kier alpha value is -3.75. The van der Waals surface area contributed by atoms with Crippen LogP contribution in [0.25, 0.3) is 5.69 Å². The van der Waals surface area contributed by atoms with Crippen LogP contribution in [-0.2, 0) is 10.3 Å². The molecule has 3 aromatic rings. The molecule has 4 rings (SSSR count). The standard InChI is InChI=1S/C23H26N6O3/c1-16-12-14-23(15-13-16,25-22(31)24-17-8-4-3-5-9-17)21-26-27-28-29(21)19-11-7-6-10-18(19)20(30)32-2/h3-11,16H,12-15H2,1-2H3,(H2,24,25,31). The van der Waals surface area contributed by atoms with Crippen molar-refractivity contribution in [2.45, 2.75) is 38.1 Å². The van der Waals surface area contributed by atoms with Crippen LogP contribution in [0.5, 0.6) is 0 Å². The number of carbonyl (C=O) groups is 2. The number of esters is 1. The first kappa shape index (κ1) is 21.5. The predicted molar refractivity (Wildman–Crippen MR) is 118 cm³/mol. The van der Waals surface area contributed by atoms with Gasteiger partial charge in [0, 0.05) is 5.69 Å². The third-order valence-corrected chi connectivity index (χ3v) is 5.95. The highest BCUT2D eigenvalue weighted by atomic mass is 16.5. The Morgan fingerprint density at radius 2 is 1.75 bits per heavy atom. The Labute approximate surface area is 186 Å². The monoisotopic (exact) mass is 434 g/mol. The van der Waals surface area contributed by atoms with Gasteiger partial charge in [0.05, 0.1) is 18.4 Å². The molecule has 32 heavy (non-hydrogen) atoms. The molecule has 1 aromatic heterocycles. The van der Waals surface area contributed by atoms with E-state index < -0.39 is 11.5 Å². The maximum atomic E-state index is 13.0. The predicted octanol–water partition coefficient (Wildman–Crippen LogP) is 3.68. The number of methoxy groups -OCH3 is 1. The highest BCUT2D eigenvalue weighted by Gasteiger charge is 2.42. The van der Waals surface area contributed by atoms with Gasteiger partial charge in [-0.05, 0) is 66.3 Å². The van der Waals surface area contributed by atoms with E-state index in [1.54, 1.807) is 24.3 Å². The van der Waals surface area contributed by atoms with Crippen LogP contribution in [0, 0.1) is 5.92 Å². The highest BCUT2D eigenvalue weighted by molar-refractivity contribution is 5.93. The zero-order valence-electron chi connectivity index (χ0n) is 18.1. The molecule has 9 nitrogen and oxygen atoms in total. The van der Waals surface area contributed by atoms with Gasteiger partial charge < -0.3 is 15.4 Å². The van der Waals surface area contributed by atoms with E-state index in [0.29, 0.717) is 41.5 Å². The Bertz CT molecular complexity index is 1090. The van der Waals surface area contributed by atoms with Crippen LogP contribution in [0.15, 0.2) is 54.6 Å². The van der Waals surface area contributed by atoms with Crippen molar-refractivity contribution in [2.75, 3.05) is 12.4 Å². The smallest absolute Gasteiger partial charge is 0.340 e. The van der Waals surface area contributed by atoms with Crippen molar-refractivity contribution >= 4 is 17.7 Å². The maximum absolute atomic E-state index is 13.0. The van der Waals surface area contributed by atoms with Gasteiger partial charge in [0.2, 0.25) is 0 Å². The molecule has 9 heteroatoms. The number of aromatic nitrogens is 4. The minimum absolute atomic E-state index is 0.332. The molecule has 2 amide bonds. The number of tetrazole rings is 1. The number of para-hydroxylation sites is 2. The average molecular weight is 435 g/mol. The summed E-state index contributed by atoms with van der Waals surface area (Å²) >= 11 is 0. The van der Waals surface area contributed by atoms with Gasteiger partial charge in [-0.3, -0.25) is 0 Å². The number of nitrogens with zero attached hydrogens (tertiary/aromatic N) is 4. The molecule has 0 spiro atoms. The molecule has 0 aliphatic heterocycles. The minimum Gasteiger partial charge on any atom is -0.465 e. The lowest BCUT2D eigenvalue weighted by molar-refractivity contribution is 0.0600. The third kappa shape index (κ3) is 4.32. The molecular weight excluding hydrogens is 408 g/mol. The summed E-state index contributed by atoms with van der Waals surface area (Å²) in [6.45, 7) is 2.20. The number of anilines is 1. The number of hydrogen-bond acceptors (Lipinski definition) is 6. The second-order valence-electron chi connectivity index (χ2n) is 8.13. The van der Waals surface area contributed by atoms with E-state index >= 15 is 0 Å². The van der Waals surface area contributed by atoms with Crippen LogP contribution in [0.3, 0.4) is 0 Å². The fraction of sp³-hybridized carbons (Fsp3) is 0.348. The maximum Gasteiger partial charge on any atom is 0.340 e. The van der Waals surface area contributed by atoms with Gasteiger partial charge in [-0.2, -0.15) is 4.68 Å². The number of amides is 2. The van der Waals surface area contributed by atoms with Crippen molar-refractivity contribution in [2.24, 2.45) is 5.92 Å². The first-order valence-corrected chi connectivity index (χ1v) is 10.6. The molecule has 2 N–H and O–H groups in total. The number of ether oxygens (including phenoxy) is 1. The van der Waals surface area contributed by atoms with E-state index in [1.807, 2.05) is 30.3 Å². The Balaban J connectivity index is 1.71. The van der Waals surface area contributed by atoms with Gasteiger partial charge >= 0.3 is 12.0 Å². The summed E-state index contributed by atoms with van der Waals surface area (Å²) in [5.41, 5.74) is 0.761. The van der Waals surface area contributed by atoms with Crippen LogP contribution in [-0.4, -0.2) is 39.3 Å². The van der Waals surface area contributed by atoms with Gasteiger partial charge in [-0.25, -0.2) is 9.59 Å². The molecule has 1 saturated carbocycles. The van der Waals surface area contributed by atoms with Crippen LogP contribution in [0.4, 0.5) is 10.5 Å². The van der Waals surface area contributed by atoms with Crippen molar-refractivity contribution in [3.05, 3.63) is 66.0 Å². The molecule has 166 valence electrons. The van der Waals surface area contributed by atoms with Crippen LogP contribution in [0.2, 0.25) is 0 Å². The average Bonchev–Trinajstić information content (AvgIpc) is 3.31. The van der Waals surface area contributed by atoms with Crippen molar-refractivity contribution in [3.8, 4) is 5.69 Å². The summed E-state index contributed by atoms with van der Waals surface area (Å²) < 4.78 is 6.46. The number of rotatable bonds is 5. The fourth-order valence-corrected chi connectivity index (χ4v) is 4.15. The summed E-state index contributed by atoms with van der Waals surface area (Å²) in [6, 6.07) is 15.9. The summed E-state index contributed by atoms with van der Waals surface area (Å²) in [6.07, 6.45) is 3.18. The highest BCUT2D eigenvalue weighted by Crippen LogP contribution is 2.39. The zero-order chi connectivity index (χ0) is 22.6. The van der Waals surface area contributed by atoms with Crippen LogP contribution in [0.1, 0.15) is 48.8 Å². The molecule has 0 bridgehead atoms. The second-order valence-corrected chi connectivity index (χ2v) is 8.13. The minimum atomic E-state index is -0.780. The molecule has 1 heterocycles. The topological polar surface area (TPSA) is 111 Å².